The molecule has 0 amide bonds. The number of nitrogens with one attached hydrogen (secondary N) is 2. The molecule has 1 aromatic carbocycles. The number of nitrogens with zero attached hydrogens (tertiary/aromatic N) is 2. The second-order valence-electron chi connectivity index (χ2n) is 5.23. The minimum atomic E-state index is 0.0583. The first-order chi connectivity index (χ1) is 11.1. The third kappa shape index (κ3) is 4.74. The van der Waals surface area contributed by atoms with E-state index in [2.05, 4.69) is 27.7 Å². The fourth-order valence-electron chi connectivity index (χ4n) is 2.28. The second-order valence-corrected chi connectivity index (χ2v) is 5.23. The summed E-state index contributed by atoms with van der Waals surface area (Å²) < 4.78 is 10.5. The van der Waals surface area contributed by atoms with Gasteiger partial charge < -0.3 is 19.9 Å². The van der Waals surface area contributed by atoms with Gasteiger partial charge in [0.15, 0.2) is 5.96 Å². The summed E-state index contributed by atoms with van der Waals surface area (Å²) in [6, 6.07) is 9.90. The van der Waals surface area contributed by atoms with Crippen LogP contribution >= 0.6 is 0 Å². The zero-order valence-corrected chi connectivity index (χ0v) is 14.1. The van der Waals surface area contributed by atoms with Crippen LogP contribution in [0, 0.1) is 6.92 Å². The van der Waals surface area contributed by atoms with Crippen molar-refractivity contribution in [2.45, 2.75) is 33.4 Å². The monoisotopic (exact) mass is 316 g/mol. The first-order valence-corrected chi connectivity index (χ1v) is 7.74. The fraction of sp³-hybridized carbons (Fsp3) is 0.412. The third-order valence-electron chi connectivity index (χ3n) is 3.38. The Hall–Kier alpha value is -2.50. The number of methoxy groups -OCH3 is 1. The van der Waals surface area contributed by atoms with Gasteiger partial charge in [-0.25, -0.2) is 4.99 Å². The molecule has 1 heterocycles. The van der Waals surface area contributed by atoms with Gasteiger partial charge in [-0.15, -0.1) is 0 Å². The molecule has 2 N–H and O–H groups in total. The van der Waals surface area contributed by atoms with Crippen molar-refractivity contribution >= 4 is 5.96 Å². The zero-order valence-electron chi connectivity index (χ0n) is 14.1. The number of rotatable bonds is 6. The van der Waals surface area contributed by atoms with Crippen LogP contribution in [-0.4, -0.2) is 24.8 Å². The Labute approximate surface area is 136 Å². The fourth-order valence-corrected chi connectivity index (χ4v) is 2.28. The van der Waals surface area contributed by atoms with Crippen molar-refractivity contribution in [3.8, 4) is 5.75 Å². The van der Waals surface area contributed by atoms with E-state index in [0.29, 0.717) is 6.54 Å². The maximum Gasteiger partial charge on any atom is 0.192 e. The standard InChI is InChI=1S/C17H24N4O2/c1-5-18-17(19-11-14-10-12(2)23-21-14)20-13(3)15-8-6-7-9-16(15)22-4/h6-10,13H,5,11H2,1-4H3,(H2,18,19,20)/t13-/m0/s1. The van der Waals surface area contributed by atoms with Crippen molar-refractivity contribution in [1.82, 2.24) is 15.8 Å². The molecule has 0 fully saturated rings. The summed E-state index contributed by atoms with van der Waals surface area (Å²) in [4.78, 5) is 4.55. The lowest BCUT2D eigenvalue weighted by Crippen LogP contribution is -2.38. The summed E-state index contributed by atoms with van der Waals surface area (Å²) >= 11 is 0. The summed E-state index contributed by atoms with van der Waals surface area (Å²) in [7, 11) is 1.68. The Kier molecular flexibility index (Phi) is 6.02. The van der Waals surface area contributed by atoms with Crippen molar-refractivity contribution in [2.75, 3.05) is 13.7 Å². The predicted molar refractivity (Wildman–Crippen MR) is 90.6 cm³/mol. The number of aliphatic imine (C=N–C) groups is 1. The number of guanidine groups is 1. The molecule has 2 aromatic rings. The van der Waals surface area contributed by atoms with Crippen LogP contribution in [0.4, 0.5) is 0 Å². The average Bonchev–Trinajstić information content (AvgIpc) is 2.98. The summed E-state index contributed by atoms with van der Waals surface area (Å²) in [5.74, 6) is 2.37. The van der Waals surface area contributed by atoms with E-state index in [1.54, 1.807) is 7.11 Å². The summed E-state index contributed by atoms with van der Waals surface area (Å²) in [6.45, 7) is 7.22. The first kappa shape index (κ1) is 16.9. The number of para-hydroxylation sites is 1. The number of hydrogen-bond acceptors (Lipinski definition) is 4. The minimum Gasteiger partial charge on any atom is -0.496 e. The van der Waals surface area contributed by atoms with Gasteiger partial charge in [0.2, 0.25) is 0 Å². The van der Waals surface area contributed by atoms with Crippen molar-refractivity contribution in [3.05, 3.63) is 47.3 Å². The molecule has 0 saturated carbocycles. The van der Waals surface area contributed by atoms with Crippen LogP contribution < -0.4 is 15.4 Å². The van der Waals surface area contributed by atoms with E-state index in [-0.39, 0.29) is 6.04 Å². The van der Waals surface area contributed by atoms with E-state index in [1.165, 1.54) is 0 Å². The van der Waals surface area contributed by atoms with Crippen LogP contribution in [0.25, 0.3) is 0 Å². The van der Waals surface area contributed by atoms with Crippen molar-refractivity contribution in [2.24, 2.45) is 4.99 Å². The van der Waals surface area contributed by atoms with E-state index < -0.39 is 0 Å². The maximum absolute atomic E-state index is 5.42. The Morgan fingerprint density at radius 1 is 1.39 bits per heavy atom. The van der Waals surface area contributed by atoms with Gasteiger partial charge in [-0.3, -0.25) is 0 Å². The number of aromatic nitrogens is 1. The number of benzene rings is 1. The molecule has 1 atom stereocenters. The van der Waals surface area contributed by atoms with E-state index in [0.717, 1.165) is 35.3 Å². The molecule has 0 saturated heterocycles. The molecule has 0 spiro atoms. The number of hydrogen-bond donors (Lipinski definition) is 2. The molecule has 23 heavy (non-hydrogen) atoms. The Balaban J connectivity index is 2.08. The van der Waals surface area contributed by atoms with Gasteiger partial charge in [-0.2, -0.15) is 0 Å². The van der Waals surface area contributed by atoms with Crippen LogP contribution in [-0.2, 0) is 6.54 Å². The van der Waals surface area contributed by atoms with Crippen LogP contribution in [0.5, 0.6) is 5.75 Å². The smallest absolute Gasteiger partial charge is 0.192 e. The molecule has 1 aromatic heterocycles. The number of ether oxygens (including phenoxy) is 1. The van der Waals surface area contributed by atoms with Gasteiger partial charge in [0, 0.05) is 18.2 Å². The van der Waals surface area contributed by atoms with E-state index in [4.69, 9.17) is 9.26 Å². The van der Waals surface area contributed by atoms with Crippen LogP contribution in [0.2, 0.25) is 0 Å². The molecule has 0 aliphatic rings. The quantitative estimate of drug-likeness (QED) is 0.633. The summed E-state index contributed by atoms with van der Waals surface area (Å²) in [5.41, 5.74) is 1.89. The molecule has 0 unspecified atom stereocenters. The molecule has 6 heteroatoms. The van der Waals surface area contributed by atoms with Crippen molar-refractivity contribution in [1.29, 1.82) is 0 Å². The van der Waals surface area contributed by atoms with E-state index in [9.17, 15) is 0 Å². The van der Waals surface area contributed by atoms with Crippen molar-refractivity contribution < 1.29 is 9.26 Å². The van der Waals surface area contributed by atoms with E-state index in [1.807, 2.05) is 44.2 Å². The van der Waals surface area contributed by atoms with E-state index >= 15 is 0 Å². The third-order valence-corrected chi connectivity index (χ3v) is 3.38. The Bertz CT molecular complexity index is 652. The lowest BCUT2D eigenvalue weighted by Gasteiger charge is -2.20. The summed E-state index contributed by atoms with van der Waals surface area (Å²) in [5, 5.41) is 10.6. The molecule has 0 aliphatic carbocycles. The van der Waals surface area contributed by atoms with Crippen LogP contribution in [0.1, 0.15) is 36.9 Å². The maximum atomic E-state index is 5.42. The Morgan fingerprint density at radius 3 is 2.83 bits per heavy atom. The van der Waals surface area contributed by atoms with Gasteiger partial charge in [0.1, 0.15) is 17.2 Å². The highest BCUT2D eigenvalue weighted by atomic mass is 16.5. The molecule has 124 valence electrons. The normalized spacial score (nSPS) is 12.8. The lowest BCUT2D eigenvalue weighted by atomic mass is 10.1. The van der Waals surface area contributed by atoms with Crippen LogP contribution in [0.15, 0.2) is 39.8 Å². The number of aryl methyl sites for hydroxylation is 1. The van der Waals surface area contributed by atoms with Gasteiger partial charge in [-0.05, 0) is 26.8 Å². The SMILES string of the molecule is CCNC(=NCc1cc(C)on1)N[C@@H](C)c1ccccc1OC. The second kappa shape index (κ2) is 8.22. The van der Waals surface area contributed by atoms with Crippen molar-refractivity contribution in [3.63, 3.8) is 0 Å². The molecule has 0 radical (unpaired) electrons. The molecule has 6 nitrogen and oxygen atoms in total. The largest absolute Gasteiger partial charge is 0.496 e. The highest BCUT2D eigenvalue weighted by Crippen LogP contribution is 2.24. The summed E-state index contributed by atoms with van der Waals surface area (Å²) in [6.07, 6.45) is 0. The van der Waals surface area contributed by atoms with Gasteiger partial charge in [-0.1, -0.05) is 23.4 Å². The molecule has 2 rings (SSSR count). The predicted octanol–water partition coefficient (Wildman–Crippen LogP) is 2.81. The molecule has 0 bridgehead atoms. The van der Waals surface area contributed by atoms with Crippen LogP contribution in [0.3, 0.4) is 0 Å². The van der Waals surface area contributed by atoms with Gasteiger partial charge >= 0.3 is 0 Å². The zero-order chi connectivity index (χ0) is 16.7. The minimum absolute atomic E-state index is 0.0583. The molecular weight excluding hydrogens is 292 g/mol. The molecular formula is C17H24N4O2. The lowest BCUT2D eigenvalue weighted by molar-refractivity contribution is 0.391. The first-order valence-electron chi connectivity index (χ1n) is 7.74. The van der Waals surface area contributed by atoms with Gasteiger partial charge in [0.05, 0.1) is 19.7 Å². The highest BCUT2D eigenvalue weighted by Gasteiger charge is 2.12. The Morgan fingerprint density at radius 2 is 2.17 bits per heavy atom. The average molecular weight is 316 g/mol. The molecule has 0 aliphatic heterocycles. The topological polar surface area (TPSA) is 71.7 Å². The van der Waals surface area contributed by atoms with Gasteiger partial charge in [0.25, 0.3) is 0 Å². The highest BCUT2D eigenvalue weighted by molar-refractivity contribution is 5.80.